The first-order valence-corrected chi connectivity index (χ1v) is 21.3. The number of anilines is 2. The lowest BCUT2D eigenvalue weighted by Gasteiger charge is -2.63. The molecule has 1 atom stereocenters. The molecule has 1 aliphatic carbocycles. The second kappa shape index (κ2) is 15.9. The number of ether oxygens (including phenoxy) is 1. The first-order chi connectivity index (χ1) is 28.6. The van der Waals surface area contributed by atoms with E-state index in [-0.39, 0.29) is 47.6 Å². The summed E-state index contributed by atoms with van der Waals surface area (Å²) in [5.74, 6) is -0.714. The predicted molar refractivity (Wildman–Crippen MR) is 227 cm³/mol. The Kier molecular flexibility index (Phi) is 10.9. The largest absolute Gasteiger partial charge is 0.489 e. The lowest BCUT2D eigenvalue weighted by molar-refractivity contribution is -0.164. The zero-order chi connectivity index (χ0) is 42.7. The van der Waals surface area contributed by atoms with Gasteiger partial charge in [-0.1, -0.05) is 39.3 Å². The second-order valence-corrected chi connectivity index (χ2v) is 18.5. The number of nitrogens with one attached hydrogen (secondary N) is 1. The van der Waals surface area contributed by atoms with Gasteiger partial charge < -0.3 is 19.9 Å². The summed E-state index contributed by atoms with van der Waals surface area (Å²) >= 11 is 6.26. The number of carbonyl (C=O) groups is 5. The van der Waals surface area contributed by atoms with Gasteiger partial charge in [0.2, 0.25) is 5.91 Å². The van der Waals surface area contributed by atoms with E-state index in [0.29, 0.717) is 38.9 Å². The van der Waals surface area contributed by atoms with Crippen LogP contribution in [0.3, 0.4) is 0 Å². The van der Waals surface area contributed by atoms with Crippen LogP contribution in [0.2, 0.25) is 5.02 Å². The normalized spacial score (nSPS) is 24.2. The number of imide groups is 2. The number of nitriles is 1. The van der Waals surface area contributed by atoms with Crippen LogP contribution in [0.4, 0.5) is 11.4 Å². The zero-order valence-electron chi connectivity index (χ0n) is 34.9. The first-order valence-electron chi connectivity index (χ1n) is 20.9. The predicted octanol–water partition coefficient (Wildman–Crippen LogP) is 5.61. The van der Waals surface area contributed by atoms with Gasteiger partial charge in [-0.2, -0.15) is 5.26 Å². The van der Waals surface area contributed by atoms with Crippen molar-refractivity contribution >= 4 is 52.5 Å². The molecule has 4 aliphatic heterocycles. The Morgan fingerprint density at radius 1 is 0.817 bits per heavy atom. The average molecular weight is 834 g/mol. The fraction of sp³-hybridized carbons (Fsp3) is 0.478. The van der Waals surface area contributed by atoms with E-state index in [1.54, 1.807) is 30.3 Å². The van der Waals surface area contributed by atoms with Crippen molar-refractivity contribution in [2.75, 3.05) is 62.7 Å². The highest BCUT2D eigenvalue weighted by atomic mass is 35.5. The summed E-state index contributed by atoms with van der Waals surface area (Å²) in [7, 11) is 1.39. The molecule has 5 amide bonds. The molecule has 5 aliphatic rings. The monoisotopic (exact) mass is 833 g/mol. The molecular weight excluding hydrogens is 782 g/mol. The highest BCUT2D eigenvalue weighted by Crippen LogP contribution is 2.55. The molecule has 13 nitrogen and oxygen atoms in total. The van der Waals surface area contributed by atoms with Crippen LogP contribution >= 0.6 is 11.6 Å². The molecule has 314 valence electrons. The van der Waals surface area contributed by atoms with Crippen LogP contribution in [0.15, 0.2) is 60.7 Å². The molecule has 4 heterocycles. The molecule has 4 fully saturated rings. The number of carbonyl (C=O) groups excluding carboxylic acids is 5. The smallest absolute Gasteiger partial charge is 0.262 e. The number of halogens is 1. The third-order valence-electron chi connectivity index (χ3n) is 13.6. The van der Waals surface area contributed by atoms with Gasteiger partial charge in [0.05, 0.1) is 21.7 Å². The number of likely N-dealkylation sites (tertiary alicyclic amines) is 1. The number of fused-ring (bicyclic) bond motifs is 1. The number of hydrogen-bond donors (Lipinski definition) is 1. The van der Waals surface area contributed by atoms with Crippen LogP contribution in [-0.4, -0.2) is 115 Å². The molecule has 8 rings (SSSR count). The Balaban J connectivity index is 0.791. The van der Waals surface area contributed by atoms with Gasteiger partial charge >= 0.3 is 0 Å². The number of benzene rings is 3. The van der Waals surface area contributed by atoms with Gasteiger partial charge in [0.25, 0.3) is 23.6 Å². The quantitative estimate of drug-likeness (QED) is 0.270. The molecule has 3 aromatic rings. The van der Waals surface area contributed by atoms with E-state index in [4.69, 9.17) is 16.3 Å². The number of likely N-dealkylation sites (N-methyl/N-ethyl adjacent to an activating group) is 1. The number of hydrogen-bond acceptors (Lipinski definition) is 10. The van der Waals surface area contributed by atoms with E-state index >= 15 is 0 Å². The molecule has 1 unspecified atom stereocenters. The lowest BCUT2D eigenvalue weighted by Crippen LogP contribution is -2.74. The van der Waals surface area contributed by atoms with Gasteiger partial charge in [0.15, 0.2) is 0 Å². The summed E-state index contributed by atoms with van der Waals surface area (Å²) in [6.07, 6.45) is 2.24. The van der Waals surface area contributed by atoms with Crippen molar-refractivity contribution in [3.63, 3.8) is 0 Å². The summed E-state index contributed by atoms with van der Waals surface area (Å²) in [5, 5.41) is 12.9. The molecule has 3 saturated heterocycles. The number of piperidine rings is 2. The maximum absolute atomic E-state index is 13.5. The number of piperazine rings is 1. The van der Waals surface area contributed by atoms with E-state index < -0.39 is 23.8 Å². The molecule has 1 saturated carbocycles. The van der Waals surface area contributed by atoms with Crippen molar-refractivity contribution in [1.82, 2.24) is 20.0 Å². The van der Waals surface area contributed by atoms with Crippen LogP contribution in [0.1, 0.15) is 90.0 Å². The fourth-order valence-corrected chi connectivity index (χ4v) is 10.6. The van der Waals surface area contributed by atoms with Crippen LogP contribution in [0.25, 0.3) is 0 Å². The van der Waals surface area contributed by atoms with Gasteiger partial charge in [-0.05, 0) is 79.8 Å². The Labute approximate surface area is 356 Å². The van der Waals surface area contributed by atoms with Crippen LogP contribution in [0, 0.1) is 28.1 Å². The minimum atomic E-state index is -0.961. The van der Waals surface area contributed by atoms with Gasteiger partial charge in [0, 0.05) is 99.2 Å². The van der Waals surface area contributed by atoms with Crippen molar-refractivity contribution in [1.29, 1.82) is 5.26 Å². The summed E-state index contributed by atoms with van der Waals surface area (Å²) < 4.78 is 6.39. The standard InChI is InChI=1S/C46H52ClN7O6/c1-45(2)43(46(3,4)44(45)60-33-12-8-30(26-48)36(47)25-33)49-39(56)29-6-9-31(10-7-29)52-18-16-28(17-19-52)27-51-20-22-53(23-21-51)32-11-13-34-35(24-32)41(58)54(40(34)57)37-14-15-38(55)50(5)42(37)59/h6-13,24-25,28,37,43-44H,14-23,27H2,1-5H3,(H,49,56). The van der Waals surface area contributed by atoms with Gasteiger partial charge in [0.1, 0.15) is 24.0 Å². The van der Waals surface area contributed by atoms with Crippen LogP contribution < -0.4 is 19.9 Å². The Morgan fingerprint density at radius 3 is 2.10 bits per heavy atom. The fourth-order valence-electron chi connectivity index (χ4n) is 10.4. The molecule has 1 N–H and O–H groups in total. The van der Waals surface area contributed by atoms with Crippen LogP contribution in [0.5, 0.6) is 5.75 Å². The average Bonchev–Trinajstić information content (AvgIpc) is 3.49. The van der Waals surface area contributed by atoms with E-state index in [1.807, 2.05) is 30.3 Å². The SMILES string of the molecule is CN1C(=O)CCC(N2C(=O)c3ccc(N4CCN(CC5CCN(c6ccc(C(=O)NC7C(C)(C)C(Oc8ccc(C#N)c(Cl)c8)C7(C)C)cc6)CC5)CC4)cc3C2=O)C1=O. The minimum absolute atomic E-state index is 0.113. The highest BCUT2D eigenvalue weighted by molar-refractivity contribution is 6.31. The van der Waals surface area contributed by atoms with Crippen molar-refractivity contribution in [2.24, 2.45) is 16.7 Å². The van der Waals surface area contributed by atoms with Gasteiger partial charge in [-0.3, -0.25) is 38.7 Å². The molecule has 0 bridgehead atoms. The maximum atomic E-state index is 13.5. The third kappa shape index (κ3) is 7.38. The van der Waals surface area contributed by atoms with E-state index in [0.717, 1.165) is 79.8 Å². The molecule has 60 heavy (non-hydrogen) atoms. The number of nitrogens with zero attached hydrogens (tertiary/aromatic N) is 6. The summed E-state index contributed by atoms with van der Waals surface area (Å²) in [4.78, 5) is 74.2. The van der Waals surface area contributed by atoms with Crippen LogP contribution in [-0.2, 0) is 9.59 Å². The van der Waals surface area contributed by atoms with Gasteiger partial charge in [-0.15, -0.1) is 0 Å². The van der Waals surface area contributed by atoms with Crippen molar-refractivity contribution in [3.05, 3.63) is 87.9 Å². The van der Waals surface area contributed by atoms with E-state index in [2.05, 4.69) is 53.8 Å². The molecule has 0 aromatic heterocycles. The Bertz CT molecular complexity index is 2260. The first kappa shape index (κ1) is 41.3. The van der Waals surface area contributed by atoms with E-state index in [1.165, 1.54) is 7.05 Å². The maximum Gasteiger partial charge on any atom is 0.262 e. The molecule has 3 aromatic carbocycles. The second-order valence-electron chi connectivity index (χ2n) is 18.1. The Hall–Kier alpha value is -5.45. The van der Waals surface area contributed by atoms with Gasteiger partial charge in [-0.25, -0.2) is 0 Å². The summed E-state index contributed by atoms with van der Waals surface area (Å²) in [5.41, 5.74) is 2.92. The topological polar surface area (TPSA) is 147 Å². The summed E-state index contributed by atoms with van der Waals surface area (Å²) in [6.45, 7) is 14.7. The zero-order valence-corrected chi connectivity index (χ0v) is 35.6. The lowest BCUT2D eigenvalue weighted by atomic mass is 9.49. The minimum Gasteiger partial charge on any atom is -0.489 e. The van der Waals surface area contributed by atoms with Crippen molar-refractivity contribution < 1.29 is 28.7 Å². The molecule has 14 heteroatoms. The third-order valence-corrected chi connectivity index (χ3v) is 13.9. The molecule has 0 radical (unpaired) electrons. The number of amides is 5. The Morgan fingerprint density at radius 2 is 1.45 bits per heavy atom. The molecular formula is C46H52ClN7O6. The summed E-state index contributed by atoms with van der Waals surface area (Å²) in [6, 6.07) is 19.3. The van der Waals surface area contributed by atoms with Crippen molar-refractivity contribution in [3.8, 4) is 11.8 Å². The number of rotatable bonds is 9. The van der Waals surface area contributed by atoms with Crippen molar-refractivity contribution in [2.45, 2.75) is 71.6 Å². The molecule has 0 spiro atoms. The highest BCUT2D eigenvalue weighted by Gasteiger charge is 2.64. The van der Waals surface area contributed by atoms with E-state index in [9.17, 15) is 29.2 Å².